The molecule has 10 heteroatoms. The topological polar surface area (TPSA) is 87.1 Å². The molecule has 0 spiro atoms. The van der Waals surface area contributed by atoms with Crippen molar-refractivity contribution in [3.05, 3.63) is 105 Å². The smallest absolute Gasteiger partial charge is 0.266 e. The molecule has 36 heavy (non-hydrogen) atoms. The van der Waals surface area contributed by atoms with E-state index in [9.17, 15) is 14.0 Å². The molecule has 0 aliphatic rings. The lowest BCUT2D eigenvalue weighted by molar-refractivity contribution is 0.608. The van der Waals surface area contributed by atoms with Gasteiger partial charge in [-0.1, -0.05) is 48.2 Å². The van der Waals surface area contributed by atoms with Crippen LogP contribution in [0.4, 0.5) is 4.39 Å². The number of hydrogen-bond acceptors (Lipinski definition) is 6. The predicted molar refractivity (Wildman–Crippen MR) is 137 cm³/mol. The number of thioether (sulfide) groups is 1. The summed E-state index contributed by atoms with van der Waals surface area (Å²) < 4.78 is 19.5. The van der Waals surface area contributed by atoms with Crippen LogP contribution in [-0.2, 0) is 12.3 Å². The largest absolute Gasteiger partial charge is 0.277 e. The zero-order valence-corrected chi connectivity index (χ0v) is 19.9. The second kappa shape index (κ2) is 8.72. The van der Waals surface area contributed by atoms with E-state index in [0.29, 0.717) is 45.1 Å². The third-order valence-electron chi connectivity index (χ3n) is 6.06. The molecule has 3 aromatic heterocycles. The Hall–Kier alpha value is -4.31. The zero-order chi connectivity index (χ0) is 24.8. The quantitative estimate of drug-likeness (QED) is 0.262. The molecule has 0 bridgehead atoms. The third kappa shape index (κ3) is 3.41. The molecule has 3 aromatic carbocycles. The van der Waals surface area contributed by atoms with Gasteiger partial charge in [-0.05, 0) is 43.3 Å². The van der Waals surface area contributed by atoms with Crippen molar-refractivity contribution in [3.63, 3.8) is 0 Å². The fraction of sp³-hybridized carbons (Fsp3) is 0.115. The van der Waals surface area contributed by atoms with E-state index in [2.05, 4.69) is 15.2 Å². The minimum absolute atomic E-state index is 0.125. The van der Waals surface area contributed by atoms with Gasteiger partial charge in [0.05, 0.1) is 33.2 Å². The number of aryl methyl sites for hydroxylation is 1. The number of para-hydroxylation sites is 3. The highest BCUT2D eigenvalue weighted by Gasteiger charge is 2.19. The summed E-state index contributed by atoms with van der Waals surface area (Å²) in [5.41, 5.74) is 0.857. The number of fused-ring (bicyclic) bond motifs is 4. The molecule has 0 amide bonds. The molecule has 0 aliphatic heterocycles. The van der Waals surface area contributed by atoms with Crippen LogP contribution in [0.15, 0.2) is 87.5 Å². The highest BCUT2D eigenvalue weighted by molar-refractivity contribution is 7.98. The van der Waals surface area contributed by atoms with Crippen LogP contribution in [0.5, 0.6) is 0 Å². The summed E-state index contributed by atoms with van der Waals surface area (Å²) in [6.45, 7) is 2.32. The van der Waals surface area contributed by atoms with Crippen molar-refractivity contribution in [1.29, 1.82) is 0 Å². The molecule has 178 valence electrons. The van der Waals surface area contributed by atoms with Gasteiger partial charge >= 0.3 is 0 Å². The first-order valence-electron chi connectivity index (χ1n) is 11.3. The summed E-state index contributed by atoms with van der Waals surface area (Å²) in [6, 6.07) is 20.4. The fourth-order valence-corrected chi connectivity index (χ4v) is 5.29. The average molecular weight is 499 g/mol. The van der Waals surface area contributed by atoms with Crippen molar-refractivity contribution in [2.24, 2.45) is 0 Å². The molecule has 0 saturated heterocycles. The normalized spacial score (nSPS) is 11.6. The molecule has 0 fully saturated rings. The van der Waals surface area contributed by atoms with Gasteiger partial charge in [-0.2, -0.15) is 0 Å². The van der Waals surface area contributed by atoms with E-state index in [0.717, 1.165) is 0 Å². The molecule has 6 rings (SSSR count). The number of halogens is 1. The second-order valence-electron chi connectivity index (χ2n) is 8.11. The number of benzene rings is 3. The maximum absolute atomic E-state index is 14.8. The average Bonchev–Trinajstić information content (AvgIpc) is 3.32. The summed E-state index contributed by atoms with van der Waals surface area (Å²) in [7, 11) is 0. The maximum atomic E-state index is 14.8. The van der Waals surface area contributed by atoms with Crippen LogP contribution in [0.25, 0.3) is 33.3 Å². The first-order chi connectivity index (χ1) is 17.6. The van der Waals surface area contributed by atoms with E-state index in [1.807, 2.05) is 29.5 Å². The minimum atomic E-state index is -0.524. The minimum Gasteiger partial charge on any atom is -0.277 e. The van der Waals surface area contributed by atoms with Gasteiger partial charge in [0.25, 0.3) is 11.1 Å². The lowest BCUT2D eigenvalue weighted by Gasteiger charge is -2.14. The lowest BCUT2D eigenvalue weighted by atomic mass is 10.2. The molecular weight excluding hydrogens is 479 g/mol. The Morgan fingerprint density at radius 2 is 1.58 bits per heavy atom. The summed E-state index contributed by atoms with van der Waals surface area (Å²) in [5, 5.41) is 9.93. The van der Waals surface area contributed by atoms with Crippen LogP contribution in [0.2, 0.25) is 0 Å². The van der Waals surface area contributed by atoms with Gasteiger partial charge < -0.3 is 0 Å². The second-order valence-corrected chi connectivity index (χ2v) is 9.05. The van der Waals surface area contributed by atoms with Gasteiger partial charge in [0.2, 0.25) is 5.78 Å². The van der Waals surface area contributed by atoms with Crippen LogP contribution in [0, 0.1) is 5.82 Å². The number of aromatic nitrogens is 6. The number of nitrogens with zero attached hydrogens (tertiary/aromatic N) is 6. The van der Waals surface area contributed by atoms with E-state index >= 15 is 0 Å². The Labute approximate surface area is 207 Å². The van der Waals surface area contributed by atoms with Gasteiger partial charge in [-0.3, -0.25) is 23.1 Å². The Bertz CT molecular complexity index is 1910. The third-order valence-corrected chi connectivity index (χ3v) is 6.99. The van der Waals surface area contributed by atoms with Gasteiger partial charge in [-0.15, -0.1) is 10.2 Å². The predicted octanol–water partition coefficient (Wildman–Crippen LogP) is 4.19. The first kappa shape index (κ1) is 22.2. The summed E-state index contributed by atoms with van der Waals surface area (Å²) in [6.07, 6.45) is 0. The zero-order valence-electron chi connectivity index (χ0n) is 19.1. The van der Waals surface area contributed by atoms with Crippen molar-refractivity contribution >= 4 is 39.3 Å². The van der Waals surface area contributed by atoms with E-state index in [-0.39, 0.29) is 22.6 Å². The summed E-state index contributed by atoms with van der Waals surface area (Å²) >= 11 is 1.25. The van der Waals surface area contributed by atoms with Gasteiger partial charge in [0.1, 0.15) is 11.6 Å². The van der Waals surface area contributed by atoms with Crippen molar-refractivity contribution in [1.82, 2.24) is 28.7 Å². The van der Waals surface area contributed by atoms with E-state index in [4.69, 9.17) is 0 Å². The van der Waals surface area contributed by atoms with E-state index in [1.54, 1.807) is 53.1 Å². The molecule has 0 saturated carbocycles. The summed E-state index contributed by atoms with van der Waals surface area (Å²) in [4.78, 5) is 31.1. The summed E-state index contributed by atoms with van der Waals surface area (Å²) in [5.74, 6) is 0.779. The van der Waals surface area contributed by atoms with Gasteiger partial charge in [0.15, 0.2) is 5.16 Å². The molecule has 0 aliphatic carbocycles. The van der Waals surface area contributed by atoms with E-state index < -0.39 is 5.82 Å². The van der Waals surface area contributed by atoms with Crippen molar-refractivity contribution in [3.8, 4) is 5.69 Å². The van der Waals surface area contributed by atoms with Crippen molar-refractivity contribution in [2.75, 3.05) is 0 Å². The lowest BCUT2D eigenvalue weighted by Crippen LogP contribution is -2.23. The molecular formula is C26H19FN6O2S. The van der Waals surface area contributed by atoms with Crippen LogP contribution >= 0.6 is 11.8 Å². The SMILES string of the molecule is CCn1c(=O)c2ccccc2n2c(CSc3nc4ccccc4c(=O)n3-c3ccccc3F)nnc12. The van der Waals surface area contributed by atoms with Crippen LogP contribution < -0.4 is 11.1 Å². The van der Waals surface area contributed by atoms with Crippen molar-refractivity contribution < 1.29 is 4.39 Å². The standard InChI is InChI=1S/C26H19FN6O2S/c1-2-31-23(34)17-10-4-7-13-20(17)32-22(29-30-25(31)32)15-36-26-28-19-12-6-3-9-16(19)24(35)33(26)21-14-8-5-11-18(21)27/h3-14H,2,15H2,1H3. The highest BCUT2D eigenvalue weighted by Crippen LogP contribution is 2.26. The molecule has 8 nitrogen and oxygen atoms in total. The molecule has 0 radical (unpaired) electrons. The van der Waals surface area contributed by atoms with E-state index in [1.165, 1.54) is 22.4 Å². The van der Waals surface area contributed by atoms with Gasteiger partial charge in [0, 0.05) is 6.54 Å². The molecule has 3 heterocycles. The molecule has 6 aromatic rings. The Balaban J connectivity index is 1.53. The van der Waals surface area contributed by atoms with Crippen LogP contribution in [0.1, 0.15) is 12.7 Å². The first-order valence-corrected chi connectivity index (χ1v) is 12.3. The monoisotopic (exact) mass is 498 g/mol. The Morgan fingerprint density at radius 1 is 0.861 bits per heavy atom. The molecule has 0 N–H and O–H groups in total. The molecule has 0 unspecified atom stereocenters. The highest BCUT2D eigenvalue weighted by atomic mass is 32.2. The van der Waals surface area contributed by atoms with Crippen LogP contribution in [-0.4, -0.2) is 28.7 Å². The number of hydrogen-bond donors (Lipinski definition) is 0. The maximum Gasteiger partial charge on any atom is 0.266 e. The van der Waals surface area contributed by atoms with Crippen LogP contribution in [0.3, 0.4) is 0 Å². The Morgan fingerprint density at radius 3 is 2.39 bits per heavy atom. The molecule has 0 atom stereocenters. The van der Waals surface area contributed by atoms with Crippen molar-refractivity contribution in [2.45, 2.75) is 24.4 Å². The van der Waals surface area contributed by atoms with Gasteiger partial charge in [-0.25, -0.2) is 9.37 Å². The fourth-order valence-electron chi connectivity index (χ4n) is 4.38. The Kier molecular flexibility index (Phi) is 5.37. The number of rotatable bonds is 5.